The van der Waals surface area contributed by atoms with E-state index in [0.717, 1.165) is 18.2 Å². The predicted molar refractivity (Wildman–Crippen MR) is 45.6 cm³/mol. The van der Waals surface area contributed by atoms with Crippen LogP contribution < -0.4 is 0 Å². The van der Waals surface area contributed by atoms with Crippen LogP contribution in [-0.2, 0) is 6.18 Å². The summed E-state index contributed by atoms with van der Waals surface area (Å²) in [5, 5.41) is 8.43. The van der Waals surface area contributed by atoms with Crippen LogP contribution in [0.15, 0.2) is 24.3 Å². The maximum atomic E-state index is 12.1. The molecule has 0 aliphatic rings. The van der Waals surface area contributed by atoms with Gasteiger partial charge in [-0.2, -0.15) is 13.2 Å². The number of halogens is 3. The monoisotopic (exact) mass is 324 g/mol. The maximum absolute atomic E-state index is 12.1. The average Bonchev–Trinajstić information content (AvgIpc) is 2.03. The van der Waals surface area contributed by atoms with Crippen molar-refractivity contribution in [2.45, 2.75) is 6.18 Å². The molecule has 0 aliphatic heterocycles. The van der Waals surface area contributed by atoms with Gasteiger partial charge in [0, 0.05) is 0 Å². The third kappa shape index (κ3) is 3.59. The summed E-state index contributed by atoms with van der Waals surface area (Å²) >= 11 is 0. The zero-order valence-corrected chi connectivity index (χ0v) is 6.30. The van der Waals surface area contributed by atoms with Crippen LogP contribution >= 0.6 is 0 Å². The van der Waals surface area contributed by atoms with E-state index in [0.29, 0.717) is 0 Å². The first kappa shape index (κ1) is 14.5. The molecule has 1 rings (SSSR count). The number of carbonyl (C=O) groups is 1. The molecule has 72 valence electrons. The van der Waals surface area contributed by atoms with Gasteiger partial charge in [0.2, 0.25) is 0 Å². The Bertz CT molecular complexity index is 336. The number of carboxylic acid groups (broad SMARTS) is 1. The Morgan fingerprint density at radius 3 is 2.07 bits per heavy atom. The second-order valence-corrected chi connectivity index (χ2v) is 2.35. The Morgan fingerprint density at radius 1 is 1.21 bits per heavy atom. The second kappa shape index (κ2) is 5.57. The van der Waals surface area contributed by atoms with Crippen molar-refractivity contribution in [3.8, 4) is 0 Å². The molecule has 0 heterocycles. The zero-order valence-electron chi connectivity index (χ0n) is 6.30. The molecule has 0 fully saturated rings. The van der Waals surface area contributed by atoms with Crippen LogP contribution in [0.1, 0.15) is 15.9 Å². The SMILES string of the molecule is O=C(O)c1ccccc1C(F)(F)F.[CsH]. The molecule has 1 N–H and O–H groups in total. The van der Waals surface area contributed by atoms with Crippen molar-refractivity contribution in [1.29, 1.82) is 0 Å². The van der Waals surface area contributed by atoms with Crippen molar-refractivity contribution in [2.75, 3.05) is 0 Å². The van der Waals surface area contributed by atoms with Crippen molar-refractivity contribution < 1.29 is 23.1 Å². The van der Waals surface area contributed by atoms with E-state index in [1.54, 1.807) is 0 Å². The van der Waals surface area contributed by atoms with Crippen LogP contribution in [0.5, 0.6) is 0 Å². The molecule has 0 atom stereocenters. The van der Waals surface area contributed by atoms with Crippen molar-refractivity contribution >= 4 is 74.9 Å². The van der Waals surface area contributed by atoms with E-state index in [1.165, 1.54) is 6.07 Å². The van der Waals surface area contributed by atoms with Gasteiger partial charge in [-0.1, -0.05) is 12.1 Å². The summed E-state index contributed by atoms with van der Waals surface area (Å²) in [7, 11) is 0. The Kier molecular flexibility index (Phi) is 5.78. The van der Waals surface area contributed by atoms with Gasteiger partial charge in [-0.3, -0.25) is 0 Å². The van der Waals surface area contributed by atoms with Crippen LogP contribution in [0.4, 0.5) is 13.2 Å². The molecular weight excluding hydrogens is 318 g/mol. The van der Waals surface area contributed by atoms with Crippen molar-refractivity contribution in [3.63, 3.8) is 0 Å². The van der Waals surface area contributed by atoms with Gasteiger partial charge >= 0.3 is 81.0 Å². The molecule has 1 aromatic rings. The first-order valence-electron chi connectivity index (χ1n) is 3.32. The van der Waals surface area contributed by atoms with E-state index in [2.05, 4.69) is 0 Å². The van der Waals surface area contributed by atoms with E-state index in [4.69, 9.17) is 5.11 Å². The van der Waals surface area contributed by atoms with Crippen LogP contribution in [0.2, 0.25) is 0 Å². The number of aromatic carboxylic acids is 1. The Balaban J connectivity index is 0.00000169. The normalized spacial score (nSPS) is 10.5. The Morgan fingerprint density at radius 2 is 1.71 bits per heavy atom. The van der Waals surface area contributed by atoms with Crippen molar-refractivity contribution in [1.82, 2.24) is 0 Å². The Hall–Kier alpha value is 0.532. The average molecular weight is 324 g/mol. The molecular formula is C8H6CsF3O2. The number of hydrogen-bond acceptors (Lipinski definition) is 1. The summed E-state index contributed by atoms with van der Waals surface area (Å²) < 4.78 is 36.4. The fourth-order valence-electron chi connectivity index (χ4n) is 0.917. The van der Waals surface area contributed by atoms with Gasteiger partial charge in [-0.15, -0.1) is 0 Å². The van der Waals surface area contributed by atoms with E-state index in [-0.39, 0.29) is 68.9 Å². The second-order valence-electron chi connectivity index (χ2n) is 2.35. The number of alkyl halides is 3. The number of carboxylic acids is 1. The predicted octanol–water partition coefficient (Wildman–Crippen LogP) is 1.76. The fourth-order valence-corrected chi connectivity index (χ4v) is 0.917. The molecule has 14 heavy (non-hydrogen) atoms. The van der Waals surface area contributed by atoms with Gasteiger partial charge in [0.1, 0.15) is 0 Å². The first-order chi connectivity index (χ1) is 5.93. The van der Waals surface area contributed by atoms with Crippen LogP contribution in [-0.4, -0.2) is 80.0 Å². The van der Waals surface area contributed by atoms with Crippen LogP contribution in [0.3, 0.4) is 0 Å². The van der Waals surface area contributed by atoms with Crippen LogP contribution in [0, 0.1) is 0 Å². The zero-order chi connectivity index (χ0) is 10.1. The molecule has 2 nitrogen and oxygen atoms in total. The summed E-state index contributed by atoms with van der Waals surface area (Å²) in [5.41, 5.74) is -1.85. The Labute approximate surface area is 137 Å². The van der Waals surface area contributed by atoms with Gasteiger partial charge in [0.05, 0.1) is 11.1 Å². The third-order valence-corrected chi connectivity index (χ3v) is 1.46. The quantitative estimate of drug-likeness (QED) is 0.855. The molecule has 0 aromatic heterocycles. The molecule has 0 amide bonds. The number of rotatable bonds is 1. The molecule has 0 saturated heterocycles. The van der Waals surface area contributed by atoms with Gasteiger partial charge in [0.15, 0.2) is 0 Å². The standard InChI is InChI=1S/C8H5F3O2.Cs.H/c9-8(10,11)6-4-2-1-3-5(6)7(12)13;;/h1-4H,(H,12,13);;. The number of benzene rings is 1. The van der Waals surface area contributed by atoms with Crippen molar-refractivity contribution in [3.05, 3.63) is 35.4 Å². The molecule has 6 heteroatoms. The molecule has 0 unspecified atom stereocenters. The molecule has 0 radical (unpaired) electrons. The fraction of sp³-hybridized carbons (Fsp3) is 0.125. The summed E-state index contributed by atoms with van der Waals surface area (Å²) in [6.07, 6.45) is -4.62. The summed E-state index contributed by atoms with van der Waals surface area (Å²) in [6, 6.07) is 4.06. The summed E-state index contributed by atoms with van der Waals surface area (Å²) in [4.78, 5) is 10.4. The van der Waals surface area contributed by atoms with Crippen molar-refractivity contribution in [2.24, 2.45) is 0 Å². The van der Waals surface area contributed by atoms with E-state index < -0.39 is 23.3 Å². The van der Waals surface area contributed by atoms with E-state index in [1.807, 2.05) is 0 Å². The van der Waals surface area contributed by atoms with Gasteiger partial charge in [-0.05, 0) is 12.1 Å². The van der Waals surface area contributed by atoms with E-state index >= 15 is 0 Å². The molecule has 0 saturated carbocycles. The van der Waals surface area contributed by atoms with E-state index in [9.17, 15) is 18.0 Å². The van der Waals surface area contributed by atoms with Gasteiger partial charge in [-0.25, -0.2) is 4.79 Å². The minimum absolute atomic E-state index is 0. The van der Waals surface area contributed by atoms with Gasteiger partial charge < -0.3 is 5.11 Å². The summed E-state index contributed by atoms with van der Waals surface area (Å²) in [6.45, 7) is 0. The summed E-state index contributed by atoms with van der Waals surface area (Å²) in [5.74, 6) is -1.58. The molecule has 0 spiro atoms. The minimum atomic E-state index is -4.62. The molecule has 1 aromatic carbocycles. The topological polar surface area (TPSA) is 37.3 Å². The van der Waals surface area contributed by atoms with Crippen LogP contribution in [0.25, 0.3) is 0 Å². The van der Waals surface area contributed by atoms with Gasteiger partial charge in [0.25, 0.3) is 0 Å². The number of hydrogen-bond donors (Lipinski definition) is 1. The molecule has 0 bridgehead atoms. The third-order valence-electron chi connectivity index (χ3n) is 1.46. The first-order valence-corrected chi connectivity index (χ1v) is 3.32. The molecule has 0 aliphatic carbocycles.